The van der Waals surface area contributed by atoms with Gasteiger partial charge in [-0.3, -0.25) is 4.79 Å². The largest absolute Gasteiger partial charge is 0.479 e. The number of carbonyl (C=O) groups is 1. The lowest BCUT2D eigenvalue weighted by molar-refractivity contribution is 0.1000. The zero-order valence-corrected chi connectivity index (χ0v) is 12.0. The molecule has 1 aromatic carbocycles. The topological polar surface area (TPSA) is 113 Å². The average molecular weight is 288 g/mol. The second kappa shape index (κ2) is 5.66. The van der Waals surface area contributed by atoms with Crippen LogP contribution in [0.2, 0.25) is 0 Å². The summed E-state index contributed by atoms with van der Waals surface area (Å²) in [6.07, 6.45) is 1.30. The first-order chi connectivity index (χ1) is 9.93. The lowest BCUT2D eigenvalue weighted by atomic mass is 10.1. The van der Waals surface area contributed by atoms with Crippen molar-refractivity contribution in [2.75, 3.05) is 12.8 Å². The summed E-state index contributed by atoms with van der Waals surface area (Å²) in [5, 5.41) is 0. The van der Waals surface area contributed by atoms with Gasteiger partial charge < -0.3 is 20.9 Å². The number of nitrogens with zero attached hydrogens (tertiary/aromatic N) is 2. The Bertz CT molecular complexity index is 678. The van der Waals surface area contributed by atoms with E-state index in [-0.39, 0.29) is 17.4 Å². The number of benzene rings is 1. The molecule has 0 radical (unpaired) electrons. The zero-order chi connectivity index (χ0) is 15.6. The normalized spacial score (nSPS) is 10.2. The van der Waals surface area contributed by atoms with Crippen LogP contribution in [0.1, 0.15) is 21.5 Å². The van der Waals surface area contributed by atoms with Gasteiger partial charge >= 0.3 is 0 Å². The summed E-state index contributed by atoms with van der Waals surface area (Å²) in [5.74, 6) is 0.507. The molecule has 0 saturated heterocycles. The minimum absolute atomic E-state index is 0.194. The highest BCUT2D eigenvalue weighted by Crippen LogP contribution is 2.34. The van der Waals surface area contributed by atoms with Crippen molar-refractivity contribution in [1.29, 1.82) is 0 Å². The molecule has 0 atom stereocenters. The highest BCUT2D eigenvalue weighted by molar-refractivity contribution is 5.93. The fourth-order valence-corrected chi connectivity index (χ4v) is 1.96. The molecule has 0 aliphatic rings. The van der Waals surface area contributed by atoms with Crippen molar-refractivity contribution in [3.63, 3.8) is 0 Å². The van der Waals surface area contributed by atoms with Crippen LogP contribution in [0.25, 0.3) is 0 Å². The maximum absolute atomic E-state index is 11.2. The summed E-state index contributed by atoms with van der Waals surface area (Å²) < 4.78 is 10.8. The molecule has 0 bridgehead atoms. The Morgan fingerprint density at radius 3 is 2.24 bits per heavy atom. The Morgan fingerprint density at radius 1 is 1.14 bits per heavy atom. The molecule has 1 heterocycles. The second-order valence-corrected chi connectivity index (χ2v) is 4.51. The Hall–Kier alpha value is -2.83. The van der Waals surface area contributed by atoms with Crippen LogP contribution < -0.4 is 20.9 Å². The summed E-state index contributed by atoms with van der Waals surface area (Å²) in [5.41, 5.74) is 13.3. The zero-order valence-electron chi connectivity index (χ0n) is 12.0. The molecule has 2 rings (SSSR count). The highest BCUT2D eigenvalue weighted by atomic mass is 16.5. The van der Waals surface area contributed by atoms with Crippen LogP contribution in [0.3, 0.4) is 0 Å². The van der Waals surface area contributed by atoms with Crippen LogP contribution in [0.15, 0.2) is 18.5 Å². The lowest BCUT2D eigenvalue weighted by Gasteiger charge is -2.14. The molecule has 7 heteroatoms. The lowest BCUT2D eigenvalue weighted by Crippen LogP contribution is -2.11. The van der Waals surface area contributed by atoms with E-state index in [0.717, 1.165) is 11.1 Å². The minimum atomic E-state index is -0.490. The van der Waals surface area contributed by atoms with Crippen molar-refractivity contribution in [3.05, 3.63) is 35.2 Å². The van der Waals surface area contributed by atoms with E-state index >= 15 is 0 Å². The quantitative estimate of drug-likeness (QED) is 0.882. The van der Waals surface area contributed by atoms with E-state index in [9.17, 15) is 4.79 Å². The maximum Gasteiger partial charge on any atom is 0.249 e. The first-order valence-corrected chi connectivity index (χ1v) is 6.17. The Balaban J connectivity index is 2.43. The fraction of sp³-hybridized carbons (Fsp3) is 0.214. The predicted octanol–water partition coefficient (Wildman–Crippen LogP) is 1.58. The monoisotopic (exact) mass is 288 g/mol. The molecule has 1 aromatic heterocycles. The van der Waals surface area contributed by atoms with E-state index < -0.39 is 5.91 Å². The molecule has 0 fully saturated rings. The van der Waals surface area contributed by atoms with E-state index in [1.807, 2.05) is 13.8 Å². The van der Waals surface area contributed by atoms with Gasteiger partial charge in [-0.25, -0.2) is 0 Å². The highest BCUT2D eigenvalue weighted by Gasteiger charge is 2.15. The molecule has 110 valence electrons. The molecule has 0 saturated carbocycles. The van der Waals surface area contributed by atoms with Crippen LogP contribution in [0.5, 0.6) is 17.5 Å². The van der Waals surface area contributed by atoms with Gasteiger partial charge in [-0.15, -0.1) is 0 Å². The van der Waals surface area contributed by atoms with Crippen molar-refractivity contribution in [3.8, 4) is 17.5 Å². The molecule has 7 nitrogen and oxygen atoms in total. The number of rotatable bonds is 4. The number of aryl methyl sites for hydroxylation is 2. The second-order valence-electron chi connectivity index (χ2n) is 4.51. The van der Waals surface area contributed by atoms with Gasteiger partial charge in [0.05, 0.1) is 7.11 Å². The first kappa shape index (κ1) is 14.6. The third kappa shape index (κ3) is 2.86. The molecule has 0 aliphatic carbocycles. The van der Waals surface area contributed by atoms with Crippen molar-refractivity contribution in [1.82, 2.24) is 9.97 Å². The average Bonchev–Trinajstić information content (AvgIpc) is 2.44. The Morgan fingerprint density at radius 2 is 1.71 bits per heavy atom. The molecule has 0 aliphatic heterocycles. The number of primary amides is 1. The van der Waals surface area contributed by atoms with Crippen LogP contribution in [-0.4, -0.2) is 23.0 Å². The summed E-state index contributed by atoms with van der Waals surface area (Å²) in [7, 11) is 1.46. The van der Waals surface area contributed by atoms with E-state index in [0.29, 0.717) is 11.3 Å². The number of carbonyl (C=O) groups excluding carboxylic acids is 1. The van der Waals surface area contributed by atoms with Gasteiger partial charge in [-0.2, -0.15) is 9.97 Å². The number of methoxy groups -OCH3 is 1. The van der Waals surface area contributed by atoms with Crippen molar-refractivity contribution in [2.24, 2.45) is 5.73 Å². The number of anilines is 1. The smallest absolute Gasteiger partial charge is 0.249 e. The maximum atomic E-state index is 11.2. The molecular weight excluding hydrogens is 272 g/mol. The summed E-state index contributed by atoms with van der Waals surface area (Å²) in [4.78, 5) is 19.1. The third-order valence-corrected chi connectivity index (χ3v) is 2.95. The van der Waals surface area contributed by atoms with Gasteiger partial charge in [0.1, 0.15) is 12.1 Å². The number of hydrogen-bond acceptors (Lipinski definition) is 6. The van der Waals surface area contributed by atoms with Gasteiger partial charge in [0.15, 0.2) is 5.69 Å². The molecule has 1 amide bonds. The molecule has 21 heavy (non-hydrogen) atoms. The third-order valence-electron chi connectivity index (χ3n) is 2.95. The number of ether oxygens (including phenoxy) is 2. The fourth-order valence-electron chi connectivity index (χ4n) is 1.96. The molecule has 0 spiro atoms. The van der Waals surface area contributed by atoms with Crippen LogP contribution in [0, 0.1) is 13.8 Å². The van der Waals surface area contributed by atoms with E-state index in [2.05, 4.69) is 9.97 Å². The van der Waals surface area contributed by atoms with Gasteiger partial charge in [0.25, 0.3) is 0 Å². The number of nitrogens with two attached hydrogens (primary N) is 2. The number of aromatic nitrogens is 2. The number of amides is 1. The Labute approximate surface area is 121 Å². The van der Waals surface area contributed by atoms with Crippen molar-refractivity contribution >= 4 is 11.6 Å². The SMILES string of the molecule is COc1ncnc(Oc2c(C)cc(C(N)=O)cc2C)c1N. The Kier molecular flexibility index (Phi) is 3.93. The number of hydrogen-bond donors (Lipinski definition) is 2. The van der Waals surface area contributed by atoms with Crippen molar-refractivity contribution < 1.29 is 14.3 Å². The van der Waals surface area contributed by atoms with Crippen LogP contribution in [0.4, 0.5) is 5.69 Å². The molecule has 4 N–H and O–H groups in total. The molecule has 0 unspecified atom stereocenters. The minimum Gasteiger partial charge on any atom is -0.479 e. The van der Waals surface area contributed by atoms with Crippen molar-refractivity contribution in [2.45, 2.75) is 13.8 Å². The van der Waals surface area contributed by atoms with Crippen LogP contribution in [-0.2, 0) is 0 Å². The standard InChI is InChI=1S/C14H16N4O3/c1-7-4-9(12(16)19)5-8(2)11(7)21-14-10(15)13(20-3)17-6-18-14/h4-6H,15H2,1-3H3,(H2,16,19). The summed E-state index contributed by atoms with van der Waals surface area (Å²) >= 11 is 0. The van der Waals surface area contributed by atoms with Gasteiger partial charge in [-0.1, -0.05) is 0 Å². The van der Waals surface area contributed by atoms with Crippen LogP contribution >= 0.6 is 0 Å². The molecular formula is C14H16N4O3. The van der Waals surface area contributed by atoms with E-state index in [1.54, 1.807) is 12.1 Å². The summed E-state index contributed by atoms with van der Waals surface area (Å²) in [6, 6.07) is 3.30. The predicted molar refractivity (Wildman–Crippen MR) is 77.5 cm³/mol. The van der Waals surface area contributed by atoms with Gasteiger partial charge in [0.2, 0.25) is 17.7 Å². The first-order valence-electron chi connectivity index (χ1n) is 6.17. The summed E-state index contributed by atoms with van der Waals surface area (Å²) in [6.45, 7) is 3.62. The van der Waals surface area contributed by atoms with E-state index in [1.165, 1.54) is 13.4 Å². The molecule has 2 aromatic rings. The van der Waals surface area contributed by atoms with E-state index in [4.69, 9.17) is 20.9 Å². The van der Waals surface area contributed by atoms with Gasteiger partial charge in [-0.05, 0) is 37.1 Å². The number of nitrogen functional groups attached to an aromatic ring is 1. The van der Waals surface area contributed by atoms with Gasteiger partial charge in [0, 0.05) is 5.56 Å².